The van der Waals surface area contributed by atoms with Gasteiger partial charge >= 0.3 is 0 Å². The quantitative estimate of drug-likeness (QED) is 0.514. The van der Waals surface area contributed by atoms with Crippen molar-refractivity contribution in [3.63, 3.8) is 0 Å². The molecule has 0 radical (unpaired) electrons. The SMILES string of the molecule is Cc1c(C(=O)N(C)Cc2ccc(Cl)cc2F)[nH]c(C(N)=O)c1S(=O)(=O)c1cc(F)cc(Cl)c1. The van der Waals surface area contributed by atoms with Crippen LogP contribution in [0.3, 0.4) is 0 Å². The van der Waals surface area contributed by atoms with Crippen LogP contribution in [0.4, 0.5) is 8.78 Å². The van der Waals surface area contributed by atoms with Gasteiger partial charge in [-0.3, -0.25) is 9.59 Å². The summed E-state index contributed by atoms with van der Waals surface area (Å²) in [5.74, 6) is -3.42. The molecule has 1 heterocycles. The van der Waals surface area contributed by atoms with Gasteiger partial charge in [-0.15, -0.1) is 0 Å². The fourth-order valence-corrected chi connectivity index (χ4v) is 5.43. The van der Waals surface area contributed by atoms with E-state index in [1.807, 2.05) is 0 Å². The summed E-state index contributed by atoms with van der Waals surface area (Å²) in [5, 5.41) is 0.00672. The fraction of sp³-hybridized carbons (Fsp3) is 0.143. The second-order valence-corrected chi connectivity index (χ2v) is 9.96. The maximum atomic E-state index is 14.1. The minimum atomic E-state index is -4.50. The zero-order chi connectivity index (χ0) is 24.7. The van der Waals surface area contributed by atoms with E-state index in [-0.39, 0.29) is 33.4 Å². The van der Waals surface area contributed by atoms with E-state index in [9.17, 15) is 26.8 Å². The number of hydrogen-bond acceptors (Lipinski definition) is 4. The van der Waals surface area contributed by atoms with Gasteiger partial charge in [0.2, 0.25) is 9.84 Å². The van der Waals surface area contributed by atoms with Crippen LogP contribution in [0.1, 0.15) is 32.1 Å². The summed E-state index contributed by atoms with van der Waals surface area (Å²) in [5.41, 5.74) is 4.59. The molecule has 0 atom stereocenters. The minimum Gasteiger partial charge on any atom is -0.364 e. The zero-order valence-electron chi connectivity index (χ0n) is 17.2. The maximum absolute atomic E-state index is 14.1. The number of rotatable bonds is 6. The van der Waals surface area contributed by atoms with Crippen molar-refractivity contribution in [2.75, 3.05) is 7.05 Å². The highest BCUT2D eigenvalue weighted by atomic mass is 35.5. The molecule has 3 aromatic rings. The van der Waals surface area contributed by atoms with Crippen LogP contribution in [0.15, 0.2) is 46.2 Å². The topological polar surface area (TPSA) is 113 Å². The maximum Gasteiger partial charge on any atom is 0.270 e. The Morgan fingerprint density at radius 1 is 1.06 bits per heavy atom. The summed E-state index contributed by atoms with van der Waals surface area (Å²) < 4.78 is 54.4. The molecule has 0 fully saturated rings. The van der Waals surface area contributed by atoms with Crippen molar-refractivity contribution in [2.24, 2.45) is 5.73 Å². The van der Waals surface area contributed by atoms with Crippen molar-refractivity contribution in [3.8, 4) is 0 Å². The normalized spacial score (nSPS) is 11.5. The molecule has 2 amide bonds. The molecule has 0 saturated heterocycles. The van der Waals surface area contributed by atoms with Crippen molar-refractivity contribution in [1.82, 2.24) is 9.88 Å². The van der Waals surface area contributed by atoms with Crippen molar-refractivity contribution < 1.29 is 26.8 Å². The Balaban J connectivity index is 2.07. The fourth-order valence-electron chi connectivity index (χ4n) is 3.27. The molecular weight excluding hydrogens is 499 g/mol. The molecule has 33 heavy (non-hydrogen) atoms. The highest BCUT2D eigenvalue weighted by molar-refractivity contribution is 7.91. The molecule has 0 unspecified atom stereocenters. The largest absolute Gasteiger partial charge is 0.364 e. The van der Waals surface area contributed by atoms with Crippen LogP contribution in [0.25, 0.3) is 0 Å². The molecule has 0 aliphatic heterocycles. The number of halogens is 4. The summed E-state index contributed by atoms with van der Waals surface area (Å²) in [6.45, 7) is 1.12. The van der Waals surface area contributed by atoms with E-state index in [1.165, 1.54) is 26.1 Å². The number of benzene rings is 2. The Morgan fingerprint density at radius 2 is 1.73 bits per heavy atom. The number of nitrogens with one attached hydrogen (secondary N) is 1. The lowest BCUT2D eigenvalue weighted by molar-refractivity contribution is 0.0778. The predicted octanol–water partition coefficient (Wildman–Crippen LogP) is 4.11. The monoisotopic (exact) mass is 515 g/mol. The number of nitrogens with zero attached hydrogens (tertiary/aromatic N) is 1. The van der Waals surface area contributed by atoms with Gasteiger partial charge in [-0.1, -0.05) is 29.3 Å². The van der Waals surface area contributed by atoms with Gasteiger partial charge in [0.25, 0.3) is 11.8 Å². The summed E-state index contributed by atoms with van der Waals surface area (Å²) in [6.07, 6.45) is 0. The molecule has 1 aromatic heterocycles. The van der Waals surface area contributed by atoms with E-state index in [2.05, 4.69) is 4.98 Å². The molecule has 0 aliphatic rings. The second-order valence-electron chi connectivity index (χ2n) is 7.20. The Kier molecular flexibility index (Phi) is 6.83. The number of aromatic amines is 1. The van der Waals surface area contributed by atoms with Gasteiger partial charge in [0, 0.05) is 29.2 Å². The van der Waals surface area contributed by atoms with Crippen LogP contribution in [0.5, 0.6) is 0 Å². The number of aromatic nitrogens is 1. The highest BCUT2D eigenvalue weighted by Crippen LogP contribution is 2.32. The van der Waals surface area contributed by atoms with Crippen LogP contribution in [0.2, 0.25) is 10.0 Å². The van der Waals surface area contributed by atoms with Crippen molar-refractivity contribution >= 4 is 44.9 Å². The molecule has 7 nitrogen and oxygen atoms in total. The van der Waals surface area contributed by atoms with Crippen LogP contribution in [-0.4, -0.2) is 37.2 Å². The molecule has 2 aromatic carbocycles. The molecule has 0 spiro atoms. The molecule has 0 aliphatic carbocycles. The Hall–Kier alpha value is -2.95. The lowest BCUT2D eigenvalue weighted by atomic mass is 10.2. The first-order chi connectivity index (χ1) is 15.3. The van der Waals surface area contributed by atoms with Crippen molar-refractivity contribution in [2.45, 2.75) is 23.3 Å². The summed E-state index contributed by atoms with van der Waals surface area (Å²) in [7, 11) is -3.14. The highest BCUT2D eigenvalue weighted by Gasteiger charge is 2.33. The second kappa shape index (κ2) is 9.12. The molecule has 0 bridgehead atoms. The average molecular weight is 516 g/mol. The van der Waals surface area contributed by atoms with Crippen LogP contribution >= 0.6 is 23.2 Å². The number of hydrogen-bond donors (Lipinski definition) is 2. The number of H-pyrrole nitrogens is 1. The van der Waals surface area contributed by atoms with Crippen LogP contribution < -0.4 is 5.73 Å². The first-order valence-electron chi connectivity index (χ1n) is 9.26. The van der Waals surface area contributed by atoms with E-state index in [4.69, 9.17) is 28.9 Å². The Bertz CT molecular complexity index is 1370. The molecule has 3 rings (SSSR count). The number of sulfone groups is 1. The first kappa shape index (κ1) is 24.7. The number of carbonyl (C=O) groups excluding carboxylic acids is 2. The summed E-state index contributed by atoms with van der Waals surface area (Å²) >= 11 is 11.5. The van der Waals surface area contributed by atoms with Gasteiger partial charge in [0.1, 0.15) is 27.9 Å². The molecule has 0 saturated carbocycles. The van der Waals surface area contributed by atoms with Gasteiger partial charge in [0.15, 0.2) is 0 Å². The number of amides is 2. The average Bonchev–Trinajstić information content (AvgIpc) is 3.07. The summed E-state index contributed by atoms with van der Waals surface area (Å²) in [6, 6.07) is 6.61. The lowest BCUT2D eigenvalue weighted by Crippen LogP contribution is -2.27. The molecule has 3 N–H and O–H groups in total. The third-order valence-electron chi connectivity index (χ3n) is 4.84. The van der Waals surface area contributed by atoms with Gasteiger partial charge in [-0.25, -0.2) is 17.2 Å². The Labute approximate surface area is 198 Å². The Morgan fingerprint density at radius 3 is 2.30 bits per heavy atom. The predicted molar refractivity (Wildman–Crippen MR) is 118 cm³/mol. The van der Waals surface area contributed by atoms with Gasteiger partial charge in [0.05, 0.1) is 4.90 Å². The smallest absolute Gasteiger partial charge is 0.270 e. The number of primary amides is 1. The first-order valence-corrected chi connectivity index (χ1v) is 11.5. The minimum absolute atomic E-state index is 0.113. The van der Waals surface area contributed by atoms with Crippen molar-refractivity contribution in [3.05, 3.63) is 80.6 Å². The van der Waals surface area contributed by atoms with E-state index in [0.717, 1.165) is 29.2 Å². The van der Waals surface area contributed by atoms with Gasteiger partial charge in [-0.05, 0) is 42.8 Å². The number of carbonyl (C=O) groups is 2. The van der Waals surface area contributed by atoms with E-state index >= 15 is 0 Å². The van der Waals surface area contributed by atoms with Crippen molar-refractivity contribution in [1.29, 1.82) is 0 Å². The van der Waals surface area contributed by atoms with Crippen LogP contribution in [0, 0.1) is 18.6 Å². The molecule has 12 heteroatoms. The van der Waals surface area contributed by atoms with Gasteiger partial charge in [-0.2, -0.15) is 0 Å². The van der Waals surface area contributed by atoms with E-state index < -0.39 is 48.8 Å². The molecular formula is C21H17Cl2F2N3O4S. The third kappa shape index (κ3) is 4.87. The van der Waals surface area contributed by atoms with E-state index in [0.29, 0.717) is 0 Å². The van der Waals surface area contributed by atoms with Gasteiger partial charge < -0.3 is 15.6 Å². The lowest BCUT2D eigenvalue weighted by Gasteiger charge is -2.17. The molecule has 174 valence electrons. The summed E-state index contributed by atoms with van der Waals surface area (Å²) in [4.78, 5) is 27.5. The third-order valence-corrected chi connectivity index (χ3v) is 7.19. The van der Waals surface area contributed by atoms with E-state index in [1.54, 1.807) is 0 Å². The number of nitrogens with two attached hydrogens (primary N) is 1. The standard InChI is InChI=1S/C21H17Cl2F2N3O4S/c1-10-17(21(30)28(2)9-11-3-4-12(22)7-16(11)25)27-18(20(26)29)19(10)33(31,32)15-6-13(23)5-14(24)8-15/h3-8,27H,9H2,1-2H3,(H2,26,29). The zero-order valence-corrected chi connectivity index (χ0v) is 19.6. The van der Waals surface area contributed by atoms with Crippen LogP contribution in [-0.2, 0) is 16.4 Å².